The Hall–Kier alpha value is -0.973. The molecule has 0 amide bonds. The molecule has 0 saturated carbocycles. The van der Waals surface area contributed by atoms with Crippen molar-refractivity contribution in [2.45, 2.75) is 38.3 Å². The summed E-state index contributed by atoms with van der Waals surface area (Å²) in [6.45, 7) is 4.16. The zero-order valence-corrected chi connectivity index (χ0v) is 12.7. The van der Waals surface area contributed by atoms with Crippen molar-refractivity contribution in [2.75, 3.05) is 6.61 Å². The zero-order valence-electron chi connectivity index (χ0n) is 11.7. The normalized spacial score (nSPS) is 13.9. The van der Waals surface area contributed by atoms with Crippen LogP contribution >= 0.6 is 0 Å². The van der Waals surface area contributed by atoms with Crippen LogP contribution in [0.1, 0.15) is 12.0 Å². The van der Waals surface area contributed by atoms with Crippen LogP contribution < -0.4 is 0 Å². The van der Waals surface area contributed by atoms with Gasteiger partial charge in [-0.2, -0.15) is 0 Å². The first kappa shape index (κ1) is 16.1. The van der Waals surface area contributed by atoms with E-state index in [4.69, 9.17) is 4.74 Å². The molecule has 1 unspecified atom stereocenters. The van der Waals surface area contributed by atoms with Gasteiger partial charge in [-0.3, -0.25) is 0 Å². The predicted molar refractivity (Wildman–Crippen MR) is 79.3 cm³/mol. The van der Waals surface area contributed by atoms with Crippen molar-refractivity contribution >= 4 is 8.41 Å². The molecule has 1 rings (SSSR count). The number of halogens is 1. The average molecular weight is 282 g/mol. The highest BCUT2D eigenvalue weighted by molar-refractivity contribution is 6.70. The van der Waals surface area contributed by atoms with E-state index in [1.165, 1.54) is 0 Å². The number of hydrogen-bond acceptors (Lipinski definition) is 2. The fraction of sp³-hybridized carbons (Fsp3) is 0.467. The van der Waals surface area contributed by atoms with Crippen LogP contribution in [-0.2, 0) is 11.3 Å². The number of allylic oxidation sites excluding steroid dienone is 1. The Labute approximate surface area is 116 Å². The minimum Gasteiger partial charge on any atom is -0.390 e. The number of aliphatic hydroxyl groups excluding tert-OH is 1. The number of aliphatic hydroxyl groups is 1. The maximum absolute atomic E-state index is 13.3. The van der Waals surface area contributed by atoms with Crippen LogP contribution in [0.25, 0.3) is 0 Å². The second-order valence-corrected chi connectivity index (χ2v) is 9.13. The Morgan fingerprint density at radius 1 is 1.26 bits per heavy atom. The van der Waals surface area contributed by atoms with Gasteiger partial charge in [-0.05, 0) is 31.1 Å². The Balaban J connectivity index is 2.13. The molecule has 0 spiro atoms. The van der Waals surface area contributed by atoms with E-state index in [1.54, 1.807) is 13.1 Å². The van der Waals surface area contributed by atoms with Crippen LogP contribution in [-0.4, -0.2) is 26.2 Å². The summed E-state index contributed by atoms with van der Waals surface area (Å²) in [6.07, 6.45) is 3.65. The number of hydrogen-bond donors (Lipinski definition) is 1. The molecule has 0 radical (unpaired) electrons. The molecule has 0 aliphatic rings. The fourth-order valence-corrected chi connectivity index (χ4v) is 2.30. The summed E-state index contributed by atoms with van der Waals surface area (Å²) >= 11 is 0. The maximum atomic E-state index is 13.3. The Morgan fingerprint density at radius 2 is 1.95 bits per heavy atom. The molecule has 0 fully saturated rings. The third-order valence-electron chi connectivity index (χ3n) is 2.60. The molecule has 4 heteroatoms. The molecule has 1 aromatic rings. The van der Waals surface area contributed by atoms with Crippen LogP contribution in [0, 0.1) is 0 Å². The van der Waals surface area contributed by atoms with E-state index in [9.17, 15) is 9.21 Å². The third kappa shape index (κ3) is 8.70. The van der Waals surface area contributed by atoms with Gasteiger partial charge in [0, 0.05) is 0 Å². The van der Waals surface area contributed by atoms with E-state index in [0.717, 1.165) is 5.56 Å². The highest BCUT2D eigenvalue weighted by Crippen LogP contribution is 2.11. The number of rotatable bonds is 8. The van der Waals surface area contributed by atoms with Gasteiger partial charge in [0.1, 0.15) is 0 Å². The summed E-state index contributed by atoms with van der Waals surface area (Å²) in [4.78, 5) is 0. The highest BCUT2D eigenvalue weighted by atomic mass is 28.4. The molecular weight excluding hydrogens is 259 g/mol. The largest absolute Gasteiger partial charge is 0.390 e. The van der Waals surface area contributed by atoms with E-state index in [1.807, 2.05) is 42.5 Å². The first-order valence-corrected chi connectivity index (χ1v) is 9.69. The van der Waals surface area contributed by atoms with Gasteiger partial charge < -0.3 is 14.0 Å². The lowest BCUT2D eigenvalue weighted by Crippen LogP contribution is -2.16. The van der Waals surface area contributed by atoms with E-state index >= 15 is 0 Å². The molecule has 0 aliphatic heterocycles. The summed E-state index contributed by atoms with van der Waals surface area (Å²) in [7, 11) is -2.50. The summed E-state index contributed by atoms with van der Waals surface area (Å²) < 4.78 is 18.7. The summed E-state index contributed by atoms with van der Waals surface area (Å²) in [6, 6.07) is 10.4. The smallest absolute Gasteiger partial charge is 0.244 e. The molecule has 0 bridgehead atoms. The molecule has 1 N–H and O–H groups in total. The average Bonchev–Trinajstić information content (AvgIpc) is 2.35. The van der Waals surface area contributed by atoms with Crippen LogP contribution in [0.15, 0.2) is 42.5 Å². The van der Waals surface area contributed by atoms with Gasteiger partial charge in [0.2, 0.25) is 8.41 Å². The Kier molecular flexibility index (Phi) is 6.98. The molecule has 0 aliphatic carbocycles. The quantitative estimate of drug-likeness (QED) is 0.448. The van der Waals surface area contributed by atoms with Gasteiger partial charge in [-0.25, -0.2) is 0 Å². The molecule has 1 aromatic carbocycles. The first-order chi connectivity index (χ1) is 8.97. The molecule has 0 saturated heterocycles. The molecule has 1 atom stereocenters. The van der Waals surface area contributed by atoms with Crippen molar-refractivity contribution in [1.82, 2.24) is 0 Å². The fourth-order valence-electron chi connectivity index (χ4n) is 1.57. The van der Waals surface area contributed by atoms with Crippen molar-refractivity contribution in [3.8, 4) is 0 Å². The number of ether oxygens (including phenoxy) is 1. The summed E-state index contributed by atoms with van der Waals surface area (Å²) in [5.74, 6) is 0. The Bertz CT molecular complexity index is 373. The standard InChI is InChI=1S/C15H23FO2Si/c1-19(2,16)11-7-6-10-15(17)13-18-12-14-8-4-3-5-9-14/h3-9,15,17H,10-13H2,1-2H3/b7-6+. The van der Waals surface area contributed by atoms with Crippen LogP contribution in [0.4, 0.5) is 4.11 Å². The van der Waals surface area contributed by atoms with Crippen molar-refractivity contribution in [2.24, 2.45) is 0 Å². The van der Waals surface area contributed by atoms with Gasteiger partial charge >= 0.3 is 0 Å². The lowest BCUT2D eigenvalue weighted by atomic mass is 10.2. The minimum absolute atomic E-state index is 0.301. The summed E-state index contributed by atoms with van der Waals surface area (Å²) in [5, 5.41) is 9.70. The van der Waals surface area contributed by atoms with Crippen molar-refractivity contribution in [1.29, 1.82) is 0 Å². The van der Waals surface area contributed by atoms with Crippen molar-refractivity contribution < 1.29 is 14.0 Å². The van der Waals surface area contributed by atoms with E-state index < -0.39 is 14.5 Å². The second-order valence-electron chi connectivity index (χ2n) is 5.28. The van der Waals surface area contributed by atoms with Crippen LogP contribution in [0.2, 0.25) is 19.1 Å². The highest BCUT2D eigenvalue weighted by Gasteiger charge is 2.17. The monoisotopic (exact) mass is 282 g/mol. The lowest BCUT2D eigenvalue weighted by molar-refractivity contribution is 0.0301. The molecular formula is C15H23FO2Si. The molecule has 19 heavy (non-hydrogen) atoms. The lowest BCUT2D eigenvalue weighted by Gasteiger charge is -2.10. The van der Waals surface area contributed by atoms with Gasteiger partial charge in [-0.15, -0.1) is 0 Å². The maximum Gasteiger partial charge on any atom is 0.244 e. The molecule has 2 nitrogen and oxygen atoms in total. The minimum atomic E-state index is -2.50. The SMILES string of the molecule is C[Si](C)(F)C/C=C/CC(O)COCc1ccccc1. The second kappa shape index (κ2) is 8.25. The molecule has 106 valence electrons. The topological polar surface area (TPSA) is 29.5 Å². The van der Waals surface area contributed by atoms with Gasteiger partial charge in [0.25, 0.3) is 0 Å². The van der Waals surface area contributed by atoms with Gasteiger partial charge in [0.15, 0.2) is 0 Å². The van der Waals surface area contributed by atoms with Crippen LogP contribution in [0.5, 0.6) is 0 Å². The van der Waals surface area contributed by atoms with Gasteiger partial charge in [-0.1, -0.05) is 42.5 Å². The number of benzene rings is 1. The van der Waals surface area contributed by atoms with Gasteiger partial charge in [0.05, 0.1) is 19.3 Å². The van der Waals surface area contributed by atoms with E-state index in [2.05, 4.69) is 0 Å². The predicted octanol–water partition coefficient (Wildman–Crippen LogP) is 3.69. The summed E-state index contributed by atoms with van der Waals surface area (Å²) in [5.41, 5.74) is 1.09. The van der Waals surface area contributed by atoms with Crippen molar-refractivity contribution in [3.63, 3.8) is 0 Å². The third-order valence-corrected chi connectivity index (χ3v) is 3.81. The zero-order chi connectivity index (χ0) is 14.1. The first-order valence-electron chi connectivity index (χ1n) is 6.61. The van der Waals surface area contributed by atoms with E-state index in [0.29, 0.717) is 25.7 Å². The van der Waals surface area contributed by atoms with E-state index in [-0.39, 0.29) is 0 Å². The molecule has 0 aromatic heterocycles. The van der Waals surface area contributed by atoms with Crippen molar-refractivity contribution in [3.05, 3.63) is 48.0 Å². The Morgan fingerprint density at radius 3 is 2.58 bits per heavy atom. The molecule has 0 heterocycles. The van der Waals surface area contributed by atoms with Crippen LogP contribution in [0.3, 0.4) is 0 Å².